The Morgan fingerprint density at radius 3 is 1.14 bits per heavy atom. The lowest BCUT2D eigenvalue weighted by Crippen LogP contribution is -2.47. The zero-order chi connectivity index (χ0) is 63.5. The predicted octanol–water partition coefficient (Wildman–Crippen LogP) is 11.9. The molecule has 0 aromatic rings. The van der Waals surface area contributed by atoms with Gasteiger partial charge >= 0.3 is 18.0 Å². The fraction of sp³-hybridized carbons (Fsp3) is 0.690. The van der Waals surface area contributed by atoms with Gasteiger partial charge in [0.05, 0.1) is 6.54 Å². The number of rotatable bonds is 30. The molecular formula is C58H112N6O11S5. The van der Waals surface area contributed by atoms with Gasteiger partial charge in [-0.15, -0.1) is 0 Å². The number of amides is 3. The number of carbonyl (C=O) groups excluding carboxylic acids is 4. The van der Waals surface area contributed by atoms with Crippen LogP contribution in [0.25, 0.3) is 0 Å². The molecule has 0 spiro atoms. The molecule has 22 heteroatoms. The van der Waals surface area contributed by atoms with Crippen molar-refractivity contribution in [1.82, 2.24) is 21.3 Å². The first-order valence-electron chi connectivity index (χ1n) is 26.7. The van der Waals surface area contributed by atoms with E-state index in [1.54, 1.807) is 34.7 Å². The van der Waals surface area contributed by atoms with Crippen LogP contribution in [-0.4, -0.2) is 149 Å². The number of allylic oxidation sites excluding steroid dienone is 10. The Balaban J connectivity index is -0.000000200. The second kappa shape index (κ2) is 63.2. The topological polar surface area (TPSA) is 282 Å². The number of likely N-dealkylation sites (N-methyl/N-ethyl adjacent to an activating group) is 1. The number of carboxylic acid groups (broad SMARTS) is 2. The third kappa shape index (κ3) is 85.9. The molecule has 2 atom stereocenters. The third-order valence-electron chi connectivity index (χ3n) is 9.00. The minimum Gasteiger partial charge on any atom is -0.480 e. The lowest BCUT2D eigenvalue weighted by Gasteiger charge is -2.20. The number of carbonyl (C=O) groups is 6. The van der Waals surface area contributed by atoms with Crippen molar-refractivity contribution >= 4 is 95.5 Å². The SMILES string of the molecule is CC(C)(C)OC=O.CC(C)=CCC/C(C)=C/CC/C(C)=C/CSCC(NC(=O)CNC(=O)OC(C)(C)C)C(=O)O.CCO.CCSC.CNCC(=O)NC(CSC/C=C(\C)CC/C=C(\C)CCC=C(C)C)C(=O)O.CSN.CSN. The highest BCUT2D eigenvalue weighted by Gasteiger charge is 2.22. The zero-order valence-corrected chi connectivity index (χ0v) is 56.9. The predicted molar refractivity (Wildman–Crippen MR) is 352 cm³/mol. The van der Waals surface area contributed by atoms with Crippen LogP contribution >= 0.6 is 59.2 Å². The van der Waals surface area contributed by atoms with Gasteiger partial charge in [0.15, 0.2) is 0 Å². The Kier molecular flexibility index (Phi) is 71.5. The van der Waals surface area contributed by atoms with Crippen molar-refractivity contribution in [3.05, 3.63) is 69.9 Å². The smallest absolute Gasteiger partial charge is 0.408 e. The van der Waals surface area contributed by atoms with Gasteiger partial charge in [-0.2, -0.15) is 35.3 Å². The number of aliphatic hydroxyl groups is 1. The molecule has 17 nitrogen and oxygen atoms in total. The van der Waals surface area contributed by atoms with Crippen LogP contribution < -0.4 is 31.5 Å². The maximum atomic E-state index is 12.0. The number of nitrogens with two attached hydrogens (primary N) is 2. The number of aliphatic hydroxyl groups excluding tert-OH is 1. The van der Waals surface area contributed by atoms with Crippen molar-refractivity contribution in [3.8, 4) is 0 Å². The molecule has 470 valence electrons. The Morgan fingerprint density at radius 2 is 0.887 bits per heavy atom. The van der Waals surface area contributed by atoms with E-state index in [-0.39, 0.29) is 37.0 Å². The van der Waals surface area contributed by atoms with Crippen LogP contribution in [0.4, 0.5) is 4.79 Å². The van der Waals surface area contributed by atoms with E-state index in [9.17, 15) is 39.0 Å². The molecule has 0 aliphatic carbocycles. The second-order valence-corrected chi connectivity index (χ2v) is 24.2. The van der Waals surface area contributed by atoms with E-state index in [4.69, 9.17) is 20.1 Å². The number of hydrogen-bond acceptors (Lipinski definition) is 17. The Morgan fingerprint density at radius 1 is 0.575 bits per heavy atom. The number of carboxylic acids is 2. The molecule has 0 bridgehead atoms. The lowest BCUT2D eigenvalue weighted by atomic mass is 10.1. The summed E-state index contributed by atoms with van der Waals surface area (Å²) < 4.78 is 9.59. The lowest BCUT2D eigenvalue weighted by molar-refractivity contribution is -0.141. The summed E-state index contributed by atoms with van der Waals surface area (Å²) in [5.41, 5.74) is 7.11. The van der Waals surface area contributed by atoms with Crippen molar-refractivity contribution in [2.75, 3.05) is 74.3 Å². The molecule has 11 N–H and O–H groups in total. The molecule has 0 aromatic heterocycles. The van der Waals surface area contributed by atoms with Crippen LogP contribution in [0.15, 0.2) is 69.9 Å². The normalized spacial score (nSPS) is 11.9. The zero-order valence-electron chi connectivity index (χ0n) is 52.8. The van der Waals surface area contributed by atoms with Crippen molar-refractivity contribution in [2.45, 2.75) is 185 Å². The molecule has 0 saturated heterocycles. The summed E-state index contributed by atoms with van der Waals surface area (Å²) in [6, 6.07) is -1.88. The average molecular weight is 1230 g/mol. The van der Waals surface area contributed by atoms with Gasteiger partial charge in [-0.05, 0) is 187 Å². The summed E-state index contributed by atoms with van der Waals surface area (Å²) in [6.45, 7) is 31.9. The molecule has 3 amide bonds. The average Bonchev–Trinajstić information content (AvgIpc) is 3.33. The maximum absolute atomic E-state index is 12.0. The fourth-order valence-electron chi connectivity index (χ4n) is 5.06. The Labute approximate surface area is 507 Å². The highest BCUT2D eigenvalue weighted by atomic mass is 32.2. The van der Waals surface area contributed by atoms with Crippen LogP contribution in [0.5, 0.6) is 0 Å². The van der Waals surface area contributed by atoms with Crippen molar-refractivity contribution in [1.29, 1.82) is 0 Å². The van der Waals surface area contributed by atoms with Crippen LogP contribution in [0.1, 0.15) is 162 Å². The van der Waals surface area contributed by atoms with Gasteiger partial charge in [-0.1, -0.05) is 101 Å². The third-order valence-corrected chi connectivity index (χ3v) is 11.5. The molecule has 0 aliphatic heterocycles. The van der Waals surface area contributed by atoms with Gasteiger partial charge in [0.2, 0.25) is 11.8 Å². The van der Waals surface area contributed by atoms with Gasteiger partial charge in [0.1, 0.15) is 29.8 Å². The van der Waals surface area contributed by atoms with E-state index in [2.05, 4.69) is 131 Å². The fourth-order valence-corrected chi connectivity index (χ4v) is 7.06. The molecule has 0 radical (unpaired) electrons. The number of ether oxygens (including phenoxy) is 2. The minimum atomic E-state index is -1.11. The minimum absolute atomic E-state index is 0.120. The van der Waals surface area contributed by atoms with Gasteiger partial charge in [-0.3, -0.25) is 24.7 Å². The van der Waals surface area contributed by atoms with Gasteiger partial charge < -0.3 is 46.1 Å². The van der Waals surface area contributed by atoms with E-state index >= 15 is 0 Å². The quantitative estimate of drug-likeness (QED) is 0.0140. The molecule has 2 unspecified atom stereocenters. The summed E-state index contributed by atoms with van der Waals surface area (Å²) >= 11 is 7.31. The van der Waals surface area contributed by atoms with Gasteiger partial charge in [0, 0.05) is 29.6 Å². The summed E-state index contributed by atoms with van der Waals surface area (Å²) in [5, 5.41) is 45.6. The first kappa shape index (κ1) is 90.4. The first-order chi connectivity index (χ1) is 37.3. The van der Waals surface area contributed by atoms with Crippen molar-refractivity contribution in [2.24, 2.45) is 10.3 Å². The van der Waals surface area contributed by atoms with E-state index in [0.29, 0.717) is 18.0 Å². The molecular weight excluding hydrogens is 1120 g/mol. The highest BCUT2D eigenvalue weighted by molar-refractivity contribution is 7.99. The molecule has 0 aromatic carbocycles. The largest absolute Gasteiger partial charge is 0.480 e. The van der Waals surface area contributed by atoms with Crippen molar-refractivity contribution in [3.63, 3.8) is 0 Å². The number of nitrogens with one attached hydrogen (secondary N) is 4. The maximum Gasteiger partial charge on any atom is 0.408 e. The summed E-state index contributed by atoms with van der Waals surface area (Å²) in [7, 11) is 1.65. The summed E-state index contributed by atoms with van der Waals surface area (Å²) in [6.07, 6.45) is 26.8. The van der Waals surface area contributed by atoms with Crippen molar-refractivity contribution < 1.29 is 53.6 Å². The Bertz CT molecular complexity index is 1770. The van der Waals surface area contributed by atoms with Crippen LogP contribution in [-0.2, 0) is 33.4 Å². The molecule has 0 heterocycles. The second-order valence-electron chi connectivity index (χ2n) is 20.0. The summed E-state index contributed by atoms with van der Waals surface area (Å²) in [5.74, 6) is 0.268. The van der Waals surface area contributed by atoms with Crippen LogP contribution in [0, 0.1) is 0 Å². The van der Waals surface area contributed by atoms with Crippen LogP contribution in [0.2, 0.25) is 0 Å². The molecule has 0 fully saturated rings. The number of thioether (sulfide) groups is 3. The number of alkyl carbamates (subject to hydrolysis) is 1. The molecule has 80 heavy (non-hydrogen) atoms. The van der Waals surface area contributed by atoms with E-state index in [1.165, 1.54) is 86.6 Å². The van der Waals surface area contributed by atoms with Gasteiger partial charge in [0.25, 0.3) is 6.47 Å². The van der Waals surface area contributed by atoms with E-state index in [0.717, 1.165) is 57.1 Å². The van der Waals surface area contributed by atoms with Crippen LogP contribution in [0.3, 0.4) is 0 Å². The standard InChI is InChI=1S/C25H42N2O5S.C21H36N2O3S.C5H10O2.C3H8S.C2H6O.2CH5NS/c1-18(2)10-8-11-19(3)12-9-13-20(4)14-15-33-17-21(23(29)30)27-22(28)16-26-24(31)32-25(5,6)7;1-16(2)8-6-9-17(3)10-7-11-18(4)12-13-27-15-19(21(25)26)23-20(24)14-22-5;1-5(2,3)7-4-6;1-3-4-2;1-2-3;2*1-3-2/h10,12,14,21H,8-9,11,13,15-17H2,1-7H3,(H,26,31)(H,27,28)(H,29,30);8,10,12,19,22H,6-7,9,11,13-15H2,1-5H3,(H,23,24)(H,25,26);4H,1-3H3;3H2,1-2H3;3H,2H2,1H3;2*2H2,1H3/b19-12+,20-14+;17-10+,18-12+;;;;;. The molecule has 0 aliphatic rings. The Hall–Kier alpha value is -3.35. The monoisotopic (exact) mass is 1230 g/mol. The number of hydrogen-bond donors (Lipinski definition) is 9. The first-order valence-corrected chi connectivity index (χ1v) is 32.9. The highest BCUT2D eigenvalue weighted by Crippen LogP contribution is 2.15. The van der Waals surface area contributed by atoms with E-state index < -0.39 is 41.6 Å². The summed E-state index contributed by atoms with van der Waals surface area (Å²) in [4.78, 5) is 67.3. The van der Waals surface area contributed by atoms with E-state index in [1.807, 2.05) is 45.0 Å². The molecule has 0 rings (SSSR count). The number of aliphatic carboxylic acids is 2. The molecule has 0 saturated carbocycles. The van der Waals surface area contributed by atoms with Gasteiger partial charge in [-0.25, -0.2) is 14.4 Å².